The van der Waals surface area contributed by atoms with Crippen molar-refractivity contribution in [1.29, 1.82) is 0 Å². The highest BCUT2D eigenvalue weighted by molar-refractivity contribution is 8.14. The molecule has 1 aliphatic heterocycles. The van der Waals surface area contributed by atoms with Crippen molar-refractivity contribution in [2.75, 3.05) is 5.75 Å². The number of nitrogens with zero attached hydrogens (tertiary/aromatic N) is 1. The number of thioether (sulfide) groups is 1. The zero-order chi connectivity index (χ0) is 12.9. The smallest absolute Gasteiger partial charge is 0.0981 e. The molecule has 96 valence electrons. The van der Waals surface area contributed by atoms with E-state index in [0.717, 1.165) is 18.6 Å². The van der Waals surface area contributed by atoms with Crippen LogP contribution in [0.5, 0.6) is 0 Å². The van der Waals surface area contributed by atoms with Crippen molar-refractivity contribution in [2.24, 2.45) is 4.99 Å². The number of rotatable bonds is 4. The molecule has 2 aromatic carbocycles. The summed E-state index contributed by atoms with van der Waals surface area (Å²) in [6.45, 7) is 0. The molecule has 2 aromatic rings. The van der Waals surface area contributed by atoms with Gasteiger partial charge in [0, 0.05) is 11.3 Å². The van der Waals surface area contributed by atoms with Crippen molar-refractivity contribution in [3.05, 3.63) is 71.8 Å². The van der Waals surface area contributed by atoms with Crippen LogP contribution in [0.3, 0.4) is 0 Å². The molecule has 0 saturated heterocycles. The minimum atomic E-state index is 0.473. The molecule has 2 heteroatoms. The van der Waals surface area contributed by atoms with E-state index in [-0.39, 0.29) is 0 Å². The van der Waals surface area contributed by atoms with Gasteiger partial charge in [-0.05, 0) is 18.4 Å². The molecular formula is C17H17NS. The van der Waals surface area contributed by atoms with Gasteiger partial charge in [-0.25, -0.2) is 0 Å². The van der Waals surface area contributed by atoms with E-state index in [1.165, 1.54) is 16.2 Å². The van der Waals surface area contributed by atoms with Gasteiger partial charge in [0.2, 0.25) is 0 Å². The fraction of sp³-hybridized carbons (Fsp3) is 0.235. The normalized spacial score (nSPS) is 18.3. The van der Waals surface area contributed by atoms with Gasteiger partial charge in [0.25, 0.3) is 0 Å². The highest BCUT2D eigenvalue weighted by atomic mass is 32.2. The van der Waals surface area contributed by atoms with Crippen molar-refractivity contribution in [3.63, 3.8) is 0 Å². The second-order valence-electron chi connectivity index (χ2n) is 4.79. The lowest BCUT2D eigenvalue weighted by molar-refractivity contribution is 0.685. The lowest BCUT2D eigenvalue weighted by Gasteiger charge is -2.05. The molecular weight excluding hydrogens is 250 g/mol. The average molecular weight is 267 g/mol. The first-order chi connectivity index (χ1) is 9.42. The number of hydrogen-bond donors (Lipinski definition) is 0. The number of hydrogen-bond acceptors (Lipinski definition) is 2. The summed E-state index contributed by atoms with van der Waals surface area (Å²) in [5.74, 6) is 1.12. The van der Waals surface area contributed by atoms with Gasteiger partial charge in [0.15, 0.2) is 0 Å². The van der Waals surface area contributed by atoms with Gasteiger partial charge in [-0.3, -0.25) is 4.99 Å². The van der Waals surface area contributed by atoms with E-state index in [1.807, 2.05) is 11.8 Å². The Morgan fingerprint density at radius 2 is 1.63 bits per heavy atom. The SMILES string of the molecule is c1ccc(CCC2CSC(c3ccccc3)=N2)cc1. The molecule has 0 saturated carbocycles. The molecule has 0 fully saturated rings. The summed E-state index contributed by atoms with van der Waals surface area (Å²) >= 11 is 1.89. The third-order valence-electron chi connectivity index (χ3n) is 3.34. The third-order valence-corrected chi connectivity index (χ3v) is 4.51. The fourth-order valence-electron chi connectivity index (χ4n) is 2.28. The topological polar surface area (TPSA) is 12.4 Å². The number of aryl methyl sites for hydroxylation is 1. The van der Waals surface area contributed by atoms with Gasteiger partial charge in [-0.1, -0.05) is 60.7 Å². The predicted molar refractivity (Wildman–Crippen MR) is 84.0 cm³/mol. The van der Waals surface area contributed by atoms with Crippen LogP contribution in [-0.2, 0) is 6.42 Å². The van der Waals surface area contributed by atoms with Crippen LogP contribution in [-0.4, -0.2) is 16.8 Å². The molecule has 0 aromatic heterocycles. The van der Waals surface area contributed by atoms with Crippen molar-refractivity contribution in [2.45, 2.75) is 18.9 Å². The molecule has 1 nitrogen and oxygen atoms in total. The van der Waals surface area contributed by atoms with Crippen LogP contribution in [0.2, 0.25) is 0 Å². The maximum Gasteiger partial charge on any atom is 0.0981 e. The summed E-state index contributed by atoms with van der Waals surface area (Å²) in [6.07, 6.45) is 2.27. The first-order valence-corrected chi connectivity index (χ1v) is 7.70. The second kappa shape index (κ2) is 6.07. The van der Waals surface area contributed by atoms with Gasteiger partial charge < -0.3 is 0 Å². The van der Waals surface area contributed by atoms with E-state index in [4.69, 9.17) is 4.99 Å². The van der Waals surface area contributed by atoms with Crippen molar-refractivity contribution >= 4 is 16.8 Å². The van der Waals surface area contributed by atoms with E-state index in [0.29, 0.717) is 6.04 Å². The first kappa shape index (κ1) is 12.5. The van der Waals surface area contributed by atoms with Gasteiger partial charge >= 0.3 is 0 Å². The third kappa shape index (κ3) is 3.27. The van der Waals surface area contributed by atoms with E-state index >= 15 is 0 Å². The summed E-state index contributed by atoms with van der Waals surface area (Å²) in [4.78, 5) is 4.85. The molecule has 0 N–H and O–H groups in total. The molecule has 1 atom stereocenters. The summed E-state index contributed by atoms with van der Waals surface area (Å²) in [6, 6.07) is 21.7. The van der Waals surface area contributed by atoms with Crippen molar-refractivity contribution in [1.82, 2.24) is 0 Å². The van der Waals surface area contributed by atoms with Crippen LogP contribution in [0.25, 0.3) is 0 Å². The van der Waals surface area contributed by atoms with E-state index in [9.17, 15) is 0 Å². The zero-order valence-electron chi connectivity index (χ0n) is 10.8. The summed E-state index contributed by atoms with van der Waals surface area (Å²) < 4.78 is 0. The largest absolute Gasteiger partial charge is 0.274 e. The maximum absolute atomic E-state index is 4.85. The van der Waals surface area contributed by atoms with Gasteiger partial charge in [-0.2, -0.15) is 0 Å². The quantitative estimate of drug-likeness (QED) is 0.809. The Morgan fingerprint density at radius 3 is 2.37 bits per heavy atom. The molecule has 3 rings (SSSR count). The Balaban J connectivity index is 1.61. The molecule has 0 spiro atoms. The highest BCUT2D eigenvalue weighted by Gasteiger charge is 2.18. The van der Waals surface area contributed by atoms with Crippen LogP contribution in [0.4, 0.5) is 0 Å². The molecule has 0 aliphatic carbocycles. The Labute approximate surface area is 118 Å². The molecule has 19 heavy (non-hydrogen) atoms. The lowest BCUT2D eigenvalue weighted by atomic mass is 10.1. The summed E-state index contributed by atoms with van der Waals surface area (Å²) in [7, 11) is 0. The lowest BCUT2D eigenvalue weighted by Crippen LogP contribution is -2.05. The van der Waals surface area contributed by atoms with Crippen LogP contribution in [0.15, 0.2) is 65.7 Å². The summed E-state index contributed by atoms with van der Waals surface area (Å²) in [5.41, 5.74) is 2.67. The standard InChI is InChI=1S/C17H17NS/c1-3-7-14(8-4-1)11-12-16-13-19-17(18-16)15-9-5-2-6-10-15/h1-10,16H,11-13H2. The summed E-state index contributed by atoms with van der Waals surface area (Å²) in [5, 5.41) is 1.21. The van der Waals surface area contributed by atoms with Crippen molar-refractivity contribution in [3.8, 4) is 0 Å². The predicted octanol–water partition coefficient (Wildman–Crippen LogP) is 4.18. The maximum atomic E-state index is 4.85. The van der Waals surface area contributed by atoms with E-state index < -0.39 is 0 Å². The van der Waals surface area contributed by atoms with E-state index in [2.05, 4.69) is 60.7 Å². The second-order valence-corrected chi connectivity index (χ2v) is 5.80. The van der Waals surface area contributed by atoms with Crippen molar-refractivity contribution < 1.29 is 0 Å². The molecule has 0 bridgehead atoms. The molecule has 1 heterocycles. The first-order valence-electron chi connectivity index (χ1n) is 6.72. The van der Waals surface area contributed by atoms with Crippen LogP contribution in [0.1, 0.15) is 17.5 Å². The minimum absolute atomic E-state index is 0.473. The van der Waals surface area contributed by atoms with Gasteiger partial charge in [-0.15, -0.1) is 11.8 Å². The molecule has 0 radical (unpaired) electrons. The van der Waals surface area contributed by atoms with Gasteiger partial charge in [0.1, 0.15) is 0 Å². The van der Waals surface area contributed by atoms with Crippen LogP contribution in [0, 0.1) is 0 Å². The van der Waals surface area contributed by atoms with Crippen LogP contribution < -0.4 is 0 Å². The Hall–Kier alpha value is -1.54. The van der Waals surface area contributed by atoms with E-state index in [1.54, 1.807) is 0 Å². The Bertz CT molecular complexity index is 548. The van der Waals surface area contributed by atoms with Crippen LogP contribution >= 0.6 is 11.8 Å². The fourth-order valence-corrected chi connectivity index (χ4v) is 3.40. The highest BCUT2D eigenvalue weighted by Crippen LogP contribution is 2.25. The molecule has 1 unspecified atom stereocenters. The number of aliphatic imine (C=N–C) groups is 1. The zero-order valence-corrected chi connectivity index (χ0v) is 11.6. The monoisotopic (exact) mass is 267 g/mol. The Morgan fingerprint density at radius 1 is 0.947 bits per heavy atom. The molecule has 0 amide bonds. The minimum Gasteiger partial charge on any atom is -0.274 e. The Kier molecular flexibility index (Phi) is 3.99. The molecule has 1 aliphatic rings. The number of benzene rings is 2. The van der Waals surface area contributed by atoms with Gasteiger partial charge in [0.05, 0.1) is 11.1 Å². The average Bonchev–Trinajstić information content (AvgIpc) is 2.96.